The normalized spacial score (nSPS) is 19.9. The number of nitrogens with one attached hydrogen (secondary N) is 1. The summed E-state index contributed by atoms with van der Waals surface area (Å²) >= 11 is 0. The fraction of sp³-hybridized carbons (Fsp3) is 0.364. The third-order valence-corrected chi connectivity index (χ3v) is 2.63. The second-order valence-electron chi connectivity index (χ2n) is 3.48. The molecule has 2 nitrogen and oxygen atoms in total. The van der Waals surface area contributed by atoms with Crippen LogP contribution in [0.3, 0.4) is 0 Å². The molecule has 0 saturated carbocycles. The van der Waals surface area contributed by atoms with Gasteiger partial charge in [-0.1, -0.05) is 19.1 Å². The van der Waals surface area contributed by atoms with Crippen molar-refractivity contribution in [3.05, 3.63) is 39.8 Å². The van der Waals surface area contributed by atoms with E-state index in [9.17, 15) is 4.79 Å². The Morgan fingerprint density at radius 1 is 1.62 bits per heavy atom. The quantitative estimate of drug-likeness (QED) is 0.695. The van der Waals surface area contributed by atoms with Gasteiger partial charge < -0.3 is 4.98 Å². The average Bonchev–Trinajstić information content (AvgIpc) is 2.18. The molecule has 0 bridgehead atoms. The number of aromatic nitrogens is 1. The molecule has 2 heteroatoms. The van der Waals surface area contributed by atoms with Crippen LogP contribution < -0.4 is 5.56 Å². The third kappa shape index (κ3) is 1.44. The van der Waals surface area contributed by atoms with Crippen LogP contribution >= 0.6 is 0 Å². The van der Waals surface area contributed by atoms with Gasteiger partial charge in [0.15, 0.2) is 0 Å². The van der Waals surface area contributed by atoms with Crippen LogP contribution in [0.5, 0.6) is 0 Å². The minimum absolute atomic E-state index is 0.0308. The van der Waals surface area contributed by atoms with Gasteiger partial charge in [-0.2, -0.15) is 0 Å². The zero-order valence-corrected chi connectivity index (χ0v) is 7.71. The van der Waals surface area contributed by atoms with Crippen LogP contribution in [-0.2, 0) is 6.42 Å². The van der Waals surface area contributed by atoms with Gasteiger partial charge in [-0.15, -0.1) is 0 Å². The van der Waals surface area contributed by atoms with E-state index in [2.05, 4.69) is 18.0 Å². The van der Waals surface area contributed by atoms with Crippen LogP contribution in [0.25, 0.3) is 6.08 Å². The summed E-state index contributed by atoms with van der Waals surface area (Å²) in [6.07, 6.45) is 7.96. The lowest BCUT2D eigenvalue weighted by Crippen LogP contribution is -2.16. The largest absolute Gasteiger partial charge is 0.329 e. The molecule has 0 amide bonds. The lowest BCUT2D eigenvalue weighted by Gasteiger charge is -2.16. The summed E-state index contributed by atoms with van der Waals surface area (Å²) in [5, 5.41) is 0. The SMILES string of the molecule is CCC1C=Cc2c(cc[nH]c2=O)C1. The van der Waals surface area contributed by atoms with E-state index in [1.165, 1.54) is 5.56 Å². The number of allylic oxidation sites excluding steroid dienone is 1. The molecule has 0 saturated heterocycles. The smallest absolute Gasteiger partial charge is 0.255 e. The van der Waals surface area contributed by atoms with Gasteiger partial charge in [-0.25, -0.2) is 0 Å². The van der Waals surface area contributed by atoms with Crippen LogP contribution in [0.15, 0.2) is 23.1 Å². The minimum Gasteiger partial charge on any atom is -0.329 e. The molecule has 0 fully saturated rings. The Kier molecular flexibility index (Phi) is 2.05. The van der Waals surface area contributed by atoms with E-state index in [1.54, 1.807) is 6.20 Å². The van der Waals surface area contributed by atoms with E-state index >= 15 is 0 Å². The number of rotatable bonds is 1. The Hall–Kier alpha value is -1.31. The highest BCUT2D eigenvalue weighted by Gasteiger charge is 2.13. The first-order chi connectivity index (χ1) is 6.31. The number of hydrogen-bond acceptors (Lipinski definition) is 1. The number of aromatic amines is 1. The van der Waals surface area contributed by atoms with Gasteiger partial charge in [0.1, 0.15) is 0 Å². The molecule has 13 heavy (non-hydrogen) atoms. The van der Waals surface area contributed by atoms with Crippen molar-refractivity contribution in [2.45, 2.75) is 19.8 Å². The summed E-state index contributed by atoms with van der Waals surface area (Å²) in [4.78, 5) is 14.0. The van der Waals surface area contributed by atoms with Gasteiger partial charge in [-0.05, 0) is 30.4 Å². The van der Waals surface area contributed by atoms with Crippen molar-refractivity contribution in [1.82, 2.24) is 4.98 Å². The zero-order chi connectivity index (χ0) is 9.26. The molecular weight excluding hydrogens is 162 g/mol. The van der Waals surface area contributed by atoms with Gasteiger partial charge >= 0.3 is 0 Å². The van der Waals surface area contributed by atoms with E-state index in [-0.39, 0.29) is 5.56 Å². The number of pyridine rings is 1. The Bertz CT molecular complexity index is 389. The molecule has 0 spiro atoms. The Morgan fingerprint density at radius 2 is 2.46 bits per heavy atom. The molecule has 1 aromatic rings. The van der Waals surface area contributed by atoms with Crippen molar-refractivity contribution in [3.63, 3.8) is 0 Å². The van der Waals surface area contributed by atoms with Crippen LogP contribution in [0.4, 0.5) is 0 Å². The summed E-state index contributed by atoms with van der Waals surface area (Å²) < 4.78 is 0. The van der Waals surface area contributed by atoms with E-state index in [4.69, 9.17) is 0 Å². The van der Waals surface area contributed by atoms with E-state index in [0.29, 0.717) is 5.92 Å². The maximum absolute atomic E-state index is 11.4. The summed E-state index contributed by atoms with van der Waals surface area (Å²) in [5.41, 5.74) is 2.05. The summed E-state index contributed by atoms with van der Waals surface area (Å²) in [6, 6.07) is 2.00. The van der Waals surface area contributed by atoms with Crippen molar-refractivity contribution < 1.29 is 0 Å². The lowest BCUT2D eigenvalue weighted by atomic mass is 9.89. The molecular formula is C11H13NO. The molecule has 1 aromatic heterocycles. The van der Waals surface area contributed by atoms with Gasteiger partial charge in [0.2, 0.25) is 0 Å². The van der Waals surface area contributed by atoms with Crippen molar-refractivity contribution in [2.24, 2.45) is 5.92 Å². The maximum Gasteiger partial charge on any atom is 0.255 e. The minimum atomic E-state index is 0.0308. The fourth-order valence-electron chi connectivity index (χ4n) is 1.76. The molecule has 1 heterocycles. The van der Waals surface area contributed by atoms with Gasteiger partial charge in [0.05, 0.1) is 0 Å². The topological polar surface area (TPSA) is 32.9 Å². The molecule has 1 aliphatic rings. The highest BCUT2D eigenvalue weighted by molar-refractivity contribution is 5.55. The predicted molar refractivity (Wildman–Crippen MR) is 53.6 cm³/mol. The Balaban J connectivity index is 2.46. The Morgan fingerprint density at radius 3 is 3.23 bits per heavy atom. The van der Waals surface area contributed by atoms with E-state index in [0.717, 1.165) is 18.4 Å². The van der Waals surface area contributed by atoms with Crippen LogP contribution in [-0.4, -0.2) is 4.98 Å². The average molecular weight is 175 g/mol. The van der Waals surface area contributed by atoms with Crippen LogP contribution in [0.2, 0.25) is 0 Å². The molecule has 1 unspecified atom stereocenters. The second kappa shape index (κ2) is 3.21. The van der Waals surface area contributed by atoms with Gasteiger partial charge in [0.25, 0.3) is 5.56 Å². The Labute approximate surface area is 77.3 Å². The molecule has 1 atom stereocenters. The number of H-pyrrole nitrogens is 1. The van der Waals surface area contributed by atoms with Crippen molar-refractivity contribution in [3.8, 4) is 0 Å². The number of fused-ring (bicyclic) bond motifs is 1. The molecule has 0 radical (unpaired) electrons. The molecule has 1 aliphatic carbocycles. The van der Waals surface area contributed by atoms with Crippen molar-refractivity contribution >= 4 is 6.08 Å². The standard InChI is InChI=1S/C11H13NO/c1-2-8-3-4-10-9(7-8)5-6-12-11(10)13/h3-6,8H,2,7H2,1H3,(H,12,13). The number of hydrogen-bond donors (Lipinski definition) is 1. The summed E-state index contributed by atoms with van der Waals surface area (Å²) in [5.74, 6) is 0.606. The van der Waals surface area contributed by atoms with Crippen molar-refractivity contribution in [2.75, 3.05) is 0 Å². The molecule has 1 N–H and O–H groups in total. The fourth-order valence-corrected chi connectivity index (χ4v) is 1.76. The van der Waals surface area contributed by atoms with Crippen LogP contribution in [0.1, 0.15) is 24.5 Å². The first-order valence-corrected chi connectivity index (χ1v) is 4.70. The molecule has 2 rings (SSSR count). The third-order valence-electron chi connectivity index (χ3n) is 2.63. The monoisotopic (exact) mass is 175 g/mol. The molecule has 0 aliphatic heterocycles. The molecule has 0 aromatic carbocycles. The zero-order valence-electron chi connectivity index (χ0n) is 7.71. The van der Waals surface area contributed by atoms with Gasteiger partial charge in [0, 0.05) is 11.8 Å². The van der Waals surface area contributed by atoms with E-state index < -0.39 is 0 Å². The second-order valence-corrected chi connectivity index (χ2v) is 3.48. The van der Waals surface area contributed by atoms with Crippen LogP contribution in [0, 0.1) is 5.92 Å². The predicted octanol–water partition coefficient (Wildman–Crippen LogP) is 1.97. The molecule has 68 valence electrons. The summed E-state index contributed by atoms with van der Waals surface area (Å²) in [6.45, 7) is 2.17. The van der Waals surface area contributed by atoms with E-state index in [1.807, 2.05) is 12.1 Å². The lowest BCUT2D eigenvalue weighted by molar-refractivity contribution is 0.619. The summed E-state index contributed by atoms with van der Waals surface area (Å²) in [7, 11) is 0. The van der Waals surface area contributed by atoms with Gasteiger partial charge in [-0.3, -0.25) is 4.79 Å². The highest BCUT2D eigenvalue weighted by atomic mass is 16.1. The van der Waals surface area contributed by atoms with Crippen molar-refractivity contribution in [1.29, 1.82) is 0 Å². The first-order valence-electron chi connectivity index (χ1n) is 4.70. The highest BCUT2D eigenvalue weighted by Crippen LogP contribution is 2.21. The maximum atomic E-state index is 11.4. The first kappa shape index (κ1) is 8.30.